The van der Waals surface area contributed by atoms with Crippen molar-refractivity contribution < 1.29 is 30.5 Å². The molecule has 1 fully saturated rings. The van der Waals surface area contributed by atoms with Crippen molar-refractivity contribution in [2.45, 2.75) is 43.9 Å². The number of hydrogen-bond donors (Lipinski definition) is 2. The molecule has 3 aliphatic rings. The lowest BCUT2D eigenvalue weighted by Crippen LogP contribution is -2.33. The van der Waals surface area contributed by atoms with Crippen molar-refractivity contribution >= 4 is 37.3 Å². The molecule has 1 spiro atoms. The SMILES string of the molecule is CC1(C)C(/C=C/C=C/C=C/C=C2\C(C)(C)c3ccccc3[N+]23CC3S(=O)(=O)O)=[N+](CCS(=O)(=O)O)c2ccccc21. The third-order valence-corrected chi connectivity index (χ3v) is 10.4. The minimum atomic E-state index is -4.21. The van der Waals surface area contributed by atoms with Gasteiger partial charge >= 0.3 is 10.1 Å². The number of allylic oxidation sites excluding steroid dienone is 8. The normalized spacial score (nSPS) is 25.7. The van der Waals surface area contributed by atoms with E-state index in [2.05, 4.69) is 27.7 Å². The Morgan fingerprint density at radius 3 is 2.12 bits per heavy atom. The van der Waals surface area contributed by atoms with Crippen LogP contribution in [0.5, 0.6) is 0 Å². The predicted molar refractivity (Wildman–Crippen MR) is 163 cm³/mol. The zero-order valence-corrected chi connectivity index (χ0v) is 25.2. The molecule has 1 saturated heterocycles. The highest BCUT2D eigenvalue weighted by Crippen LogP contribution is 2.60. The summed E-state index contributed by atoms with van der Waals surface area (Å²) in [5, 5.41) is -0.900. The van der Waals surface area contributed by atoms with Gasteiger partial charge < -0.3 is 0 Å². The van der Waals surface area contributed by atoms with Crippen LogP contribution in [-0.2, 0) is 31.1 Å². The Kier molecular flexibility index (Phi) is 7.15. The van der Waals surface area contributed by atoms with Crippen LogP contribution in [0.25, 0.3) is 0 Å². The van der Waals surface area contributed by atoms with E-state index in [9.17, 15) is 25.9 Å². The van der Waals surface area contributed by atoms with E-state index in [0.717, 1.165) is 33.9 Å². The lowest BCUT2D eigenvalue weighted by Gasteiger charge is -2.21. The van der Waals surface area contributed by atoms with Gasteiger partial charge in [0.2, 0.25) is 5.69 Å². The van der Waals surface area contributed by atoms with Gasteiger partial charge in [-0.3, -0.25) is 9.11 Å². The highest BCUT2D eigenvalue weighted by molar-refractivity contribution is 7.86. The Balaban J connectivity index is 1.39. The van der Waals surface area contributed by atoms with Crippen LogP contribution < -0.4 is 4.48 Å². The third-order valence-electron chi connectivity index (χ3n) is 8.55. The molecule has 2 N–H and O–H groups in total. The summed E-state index contributed by atoms with van der Waals surface area (Å²) in [7, 11) is -8.33. The van der Waals surface area contributed by atoms with Crippen molar-refractivity contribution in [3.05, 3.63) is 108 Å². The molecule has 0 aliphatic carbocycles. The Morgan fingerprint density at radius 1 is 0.854 bits per heavy atom. The second-order valence-electron chi connectivity index (χ2n) is 11.8. The van der Waals surface area contributed by atoms with Crippen LogP contribution in [0.4, 0.5) is 11.4 Å². The largest absolute Gasteiger partial charge is 0.326 e. The summed E-state index contributed by atoms with van der Waals surface area (Å²) in [6.07, 6.45) is 13.3. The zero-order chi connectivity index (χ0) is 29.8. The molecule has 2 unspecified atom stereocenters. The van der Waals surface area contributed by atoms with Gasteiger partial charge in [-0.05, 0) is 39.8 Å². The lowest BCUT2D eigenvalue weighted by molar-refractivity contribution is -0.432. The molecular weight excluding hydrogens is 560 g/mol. The van der Waals surface area contributed by atoms with E-state index in [4.69, 9.17) is 0 Å². The summed E-state index contributed by atoms with van der Waals surface area (Å²) in [6, 6.07) is 15.7. The van der Waals surface area contributed by atoms with Crippen molar-refractivity contribution in [1.82, 2.24) is 4.48 Å². The highest BCUT2D eigenvalue weighted by atomic mass is 32.2. The molecule has 10 heteroatoms. The van der Waals surface area contributed by atoms with Crippen LogP contribution in [0.1, 0.15) is 38.8 Å². The Labute approximate surface area is 242 Å². The van der Waals surface area contributed by atoms with Gasteiger partial charge in [0, 0.05) is 23.3 Å². The van der Waals surface area contributed by atoms with Gasteiger partial charge in [-0.2, -0.15) is 21.4 Å². The van der Waals surface area contributed by atoms with E-state index in [1.807, 2.05) is 95.6 Å². The molecule has 2 aromatic rings. The van der Waals surface area contributed by atoms with Crippen molar-refractivity contribution in [2.24, 2.45) is 0 Å². The summed E-state index contributed by atoms with van der Waals surface area (Å²) in [6.45, 7) is 8.76. The fourth-order valence-electron chi connectivity index (χ4n) is 6.56. The minimum absolute atomic E-state index is 0.128. The minimum Gasteiger partial charge on any atom is -0.285 e. The van der Waals surface area contributed by atoms with E-state index < -0.39 is 31.0 Å². The topological polar surface area (TPSA) is 112 Å². The van der Waals surface area contributed by atoms with Crippen molar-refractivity contribution in [1.29, 1.82) is 0 Å². The van der Waals surface area contributed by atoms with Crippen LogP contribution in [0.2, 0.25) is 0 Å². The van der Waals surface area contributed by atoms with Gasteiger partial charge in [-0.15, -0.1) is 0 Å². The Bertz CT molecular complexity index is 1780. The lowest BCUT2D eigenvalue weighted by atomic mass is 9.81. The maximum atomic E-state index is 12.1. The Hall–Kier alpha value is -3.15. The Morgan fingerprint density at radius 2 is 1.46 bits per heavy atom. The van der Waals surface area contributed by atoms with Gasteiger partial charge in [0.05, 0.1) is 10.8 Å². The summed E-state index contributed by atoms with van der Waals surface area (Å²) in [5.41, 5.74) is 5.05. The van der Waals surface area contributed by atoms with E-state index in [1.54, 1.807) is 0 Å². The summed E-state index contributed by atoms with van der Waals surface area (Å²) < 4.78 is 68.5. The van der Waals surface area contributed by atoms with Crippen LogP contribution in [-0.4, -0.2) is 60.4 Å². The standard InChI is InChI=1S/C31H34N2O6S2/c1-30(2)23-14-10-12-16-25(23)32(20-21-40(34,35)36)27(30)18-8-6-5-7-9-19-28-31(3,4)24-15-11-13-17-26(24)33(28)22-29(33)41(37,38)39/h5-19,29H,20-22H2,1-4H3/p+2/b6-5+,9-7+,18-8+,28-19+. The van der Waals surface area contributed by atoms with Crippen molar-refractivity contribution in [3.63, 3.8) is 0 Å². The average Bonchev–Trinajstić information content (AvgIpc) is 3.57. The molecule has 3 aliphatic heterocycles. The summed E-state index contributed by atoms with van der Waals surface area (Å²) in [4.78, 5) is 0. The van der Waals surface area contributed by atoms with Crippen LogP contribution in [0, 0.1) is 0 Å². The molecule has 216 valence electrons. The fourth-order valence-corrected chi connectivity index (χ4v) is 8.08. The number of nitrogens with zero attached hydrogens (tertiary/aromatic N) is 2. The average molecular weight is 597 g/mol. The molecule has 0 saturated carbocycles. The van der Waals surface area contributed by atoms with Crippen LogP contribution >= 0.6 is 0 Å². The number of rotatable bonds is 8. The van der Waals surface area contributed by atoms with E-state index in [0.29, 0.717) is 6.54 Å². The summed E-state index contributed by atoms with van der Waals surface area (Å²) >= 11 is 0. The molecular formula is C31H36N2O6S2+2. The first kappa shape index (κ1) is 29.3. The van der Waals surface area contributed by atoms with Crippen molar-refractivity contribution in [3.8, 4) is 0 Å². The van der Waals surface area contributed by atoms with Crippen molar-refractivity contribution in [2.75, 3.05) is 18.8 Å². The van der Waals surface area contributed by atoms with Gasteiger partial charge in [0.15, 0.2) is 18.8 Å². The zero-order valence-electron chi connectivity index (χ0n) is 23.6. The molecule has 5 rings (SSSR count). The highest BCUT2D eigenvalue weighted by Gasteiger charge is 2.73. The first-order valence-electron chi connectivity index (χ1n) is 13.5. The molecule has 8 nitrogen and oxygen atoms in total. The molecule has 3 heterocycles. The van der Waals surface area contributed by atoms with E-state index in [-0.39, 0.29) is 22.2 Å². The number of quaternary nitrogens is 1. The molecule has 0 aromatic heterocycles. The molecule has 2 aromatic carbocycles. The molecule has 0 bridgehead atoms. The quantitative estimate of drug-likeness (QED) is 0.145. The second kappa shape index (κ2) is 9.99. The fraction of sp³-hybridized carbons (Fsp3) is 0.323. The smallest absolute Gasteiger partial charge is 0.285 e. The number of hydrogen-bond acceptors (Lipinski definition) is 4. The number of fused-ring (bicyclic) bond motifs is 3. The third kappa shape index (κ3) is 5.08. The van der Waals surface area contributed by atoms with Gasteiger partial charge in [-0.25, -0.2) is 4.48 Å². The maximum absolute atomic E-state index is 12.1. The molecule has 2 atom stereocenters. The number of benzene rings is 2. The molecule has 0 radical (unpaired) electrons. The second-order valence-corrected chi connectivity index (χ2v) is 15.0. The van der Waals surface area contributed by atoms with Gasteiger partial charge in [-0.1, -0.05) is 66.8 Å². The molecule has 0 amide bonds. The van der Waals surface area contributed by atoms with Gasteiger partial charge in [0.25, 0.3) is 15.5 Å². The number of para-hydroxylation sites is 2. The van der Waals surface area contributed by atoms with E-state index >= 15 is 0 Å². The predicted octanol–water partition coefficient (Wildman–Crippen LogP) is 5.03. The van der Waals surface area contributed by atoms with Crippen LogP contribution in [0.15, 0.2) is 96.8 Å². The van der Waals surface area contributed by atoms with Crippen LogP contribution in [0.3, 0.4) is 0 Å². The first-order valence-corrected chi connectivity index (χ1v) is 16.6. The summed E-state index contributed by atoms with van der Waals surface area (Å²) in [5.74, 6) is -0.374. The first-order chi connectivity index (χ1) is 19.1. The van der Waals surface area contributed by atoms with Gasteiger partial charge in [0.1, 0.15) is 17.1 Å². The monoisotopic (exact) mass is 596 g/mol. The van der Waals surface area contributed by atoms with E-state index in [1.165, 1.54) is 0 Å². The maximum Gasteiger partial charge on any atom is 0.326 e. The molecule has 41 heavy (non-hydrogen) atoms.